The molecule has 0 saturated carbocycles. The lowest BCUT2D eigenvalue weighted by atomic mass is 10.0. The second kappa shape index (κ2) is 20.0. The molecule has 1 heterocycles. The van der Waals surface area contributed by atoms with Gasteiger partial charge in [-0.15, -0.1) is 0 Å². The van der Waals surface area contributed by atoms with Crippen LogP contribution in [-0.2, 0) is 38.1 Å². The molecule has 0 aliphatic carbocycles. The molecule has 1 aliphatic heterocycles. The van der Waals surface area contributed by atoms with Crippen LogP contribution >= 0.6 is 0 Å². The third kappa shape index (κ3) is 14.5. The van der Waals surface area contributed by atoms with Crippen molar-refractivity contribution in [1.82, 2.24) is 15.5 Å². The minimum atomic E-state index is -0.442. The quantitative estimate of drug-likeness (QED) is 0.213. The molecule has 0 bridgehead atoms. The number of nitrogens with zero attached hydrogens (tertiary/aromatic N) is 1. The number of likely N-dealkylation sites (tertiary alicyclic amines) is 1. The number of ether oxygens (including phenoxy) is 4. The number of hydrogen-bond donors (Lipinski definition) is 2. The van der Waals surface area contributed by atoms with Gasteiger partial charge >= 0.3 is 0 Å². The molecular weight excluding hydrogens is 470 g/mol. The second-order valence-electron chi connectivity index (χ2n) is 8.88. The summed E-state index contributed by atoms with van der Waals surface area (Å²) in [7, 11) is 1.59. The second-order valence-corrected chi connectivity index (χ2v) is 8.88. The Kier molecular flexibility index (Phi) is 17.8. The molecule has 1 aliphatic rings. The predicted octanol–water partition coefficient (Wildman–Crippen LogP) is 0.692. The molecule has 0 radical (unpaired) electrons. The van der Waals surface area contributed by atoms with Gasteiger partial charge in [0.2, 0.25) is 17.7 Å². The highest BCUT2D eigenvalue weighted by atomic mass is 16.6. The van der Waals surface area contributed by atoms with Crippen molar-refractivity contribution in [1.29, 1.82) is 0 Å². The largest absolute Gasteiger partial charge is 0.379 e. The molecule has 0 spiro atoms. The summed E-state index contributed by atoms with van der Waals surface area (Å²) < 4.78 is 21.5. The van der Waals surface area contributed by atoms with Crippen molar-refractivity contribution in [3.63, 3.8) is 0 Å². The Bertz CT molecular complexity index is 659. The first-order valence-corrected chi connectivity index (χ1v) is 13.0. The maximum Gasteiger partial charge on any atom is 0.242 e. The molecule has 11 heteroatoms. The Morgan fingerprint density at radius 1 is 0.833 bits per heavy atom. The Morgan fingerprint density at radius 2 is 1.42 bits per heavy atom. The predicted molar refractivity (Wildman–Crippen MR) is 133 cm³/mol. The van der Waals surface area contributed by atoms with Crippen molar-refractivity contribution < 1.29 is 38.1 Å². The van der Waals surface area contributed by atoms with Gasteiger partial charge in [-0.3, -0.25) is 19.2 Å². The zero-order valence-electron chi connectivity index (χ0n) is 22.2. The molecule has 0 aromatic carbocycles. The molecule has 1 rings (SSSR count). The van der Waals surface area contributed by atoms with E-state index in [-0.39, 0.29) is 29.4 Å². The molecule has 1 fully saturated rings. The minimum absolute atomic E-state index is 0.0162. The molecule has 2 N–H and O–H groups in total. The van der Waals surface area contributed by atoms with Crippen LogP contribution in [0.15, 0.2) is 0 Å². The Morgan fingerprint density at radius 3 is 2.00 bits per heavy atom. The Balaban J connectivity index is 1.99. The number of hydrogen-bond acceptors (Lipinski definition) is 8. The molecule has 0 unspecified atom stereocenters. The molecule has 0 aromatic heterocycles. The third-order valence-electron chi connectivity index (χ3n) is 5.75. The lowest BCUT2D eigenvalue weighted by Gasteiger charge is -2.24. The van der Waals surface area contributed by atoms with E-state index in [0.29, 0.717) is 98.0 Å². The van der Waals surface area contributed by atoms with Crippen LogP contribution in [0.3, 0.4) is 0 Å². The van der Waals surface area contributed by atoms with Crippen molar-refractivity contribution in [2.45, 2.75) is 58.4 Å². The Hall–Kier alpha value is -2.08. The van der Waals surface area contributed by atoms with Gasteiger partial charge in [-0.2, -0.15) is 0 Å². The van der Waals surface area contributed by atoms with Crippen molar-refractivity contribution in [3.05, 3.63) is 0 Å². The normalized spacial score (nSPS) is 15.3. The van der Waals surface area contributed by atoms with Crippen LogP contribution in [0.5, 0.6) is 0 Å². The van der Waals surface area contributed by atoms with E-state index in [0.717, 1.165) is 6.42 Å². The van der Waals surface area contributed by atoms with Crippen molar-refractivity contribution in [2.75, 3.05) is 73.0 Å². The number of amides is 3. The van der Waals surface area contributed by atoms with Gasteiger partial charge in [0, 0.05) is 45.3 Å². The standard InChI is InChI=1S/C25H45N3O8/c1-20(2)22(29)7-4-8-24(31)28-11-5-6-21(28)25(32)27-10-13-34-15-17-36-19-18-35-16-14-33-12-9-23(30)26-3/h20-21H,4-19H2,1-3H3,(H,26,30)(H,27,32)/t21-/m1/s1. The van der Waals surface area contributed by atoms with Crippen molar-refractivity contribution >= 4 is 23.5 Å². The van der Waals surface area contributed by atoms with E-state index in [9.17, 15) is 19.2 Å². The molecule has 208 valence electrons. The number of Topliss-reactive ketones (excluding diaryl/α,β-unsaturated/α-hetero) is 1. The molecular formula is C25H45N3O8. The summed E-state index contributed by atoms with van der Waals surface area (Å²) in [5.74, 6) is -0.124. The van der Waals surface area contributed by atoms with E-state index in [1.165, 1.54) is 0 Å². The van der Waals surface area contributed by atoms with Crippen LogP contribution in [0.2, 0.25) is 0 Å². The van der Waals surface area contributed by atoms with Gasteiger partial charge in [0.15, 0.2) is 0 Å². The molecule has 36 heavy (non-hydrogen) atoms. The lowest BCUT2D eigenvalue weighted by Crippen LogP contribution is -2.46. The van der Waals surface area contributed by atoms with Crippen LogP contribution in [0, 0.1) is 5.92 Å². The summed E-state index contributed by atoms with van der Waals surface area (Å²) in [6.07, 6.45) is 3.02. The SMILES string of the molecule is CNC(=O)CCOCCOCCOCCOCCNC(=O)[C@H]1CCCN1C(=O)CCCC(=O)C(C)C. The fourth-order valence-electron chi connectivity index (χ4n) is 3.60. The topological polar surface area (TPSA) is 132 Å². The lowest BCUT2D eigenvalue weighted by molar-refractivity contribution is -0.138. The van der Waals surface area contributed by atoms with Crippen LogP contribution in [-0.4, -0.2) is 107 Å². The maximum atomic E-state index is 12.5. The van der Waals surface area contributed by atoms with Gasteiger partial charge in [-0.05, 0) is 19.3 Å². The van der Waals surface area contributed by atoms with Gasteiger partial charge < -0.3 is 34.5 Å². The molecule has 0 aromatic rings. The average molecular weight is 516 g/mol. The van der Waals surface area contributed by atoms with Crippen LogP contribution in [0.1, 0.15) is 52.4 Å². The first-order valence-electron chi connectivity index (χ1n) is 13.0. The van der Waals surface area contributed by atoms with Gasteiger partial charge in [-0.1, -0.05) is 13.8 Å². The number of nitrogens with one attached hydrogen (secondary N) is 2. The number of rotatable bonds is 21. The molecule has 1 saturated heterocycles. The number of carbonyl (C=O) groups excluding carboxylic acids is 4. The highest BCUT2D eigenvalue weighted by molar-refractivity contribution is 5.88. The van der Waals surface area contributed by atoms with E-state index in [1.54, 1.807) is 11.9 Å². The van der Waals surface area contributed by atoms with Gasteiger partial charge in [0.25, 0.3) is 0 Å². The summed E-state index contributed by atoms with van der Waals surface area (Å²) in [6, 6.07) is -0.442. The smallest absolute Gasteiger partial charge is 0.242 e. The summed E-state index contributed by atoms with van der Waals surface area (Å²) in [5, 5.41) is 5.37. The van der Waals surface area contributed by atoms with E-state index >= 15 is 0 Å². The van der Waals surface area contributed by atoms with Crippen LogP contribution in [0.4, 0.5) is 0 Å². The number of carbonyl (C=O) groups is 4. The zero-order chi connectivity index (χ0) is 26.6. The zero-order valence-corrected chi connectivity index (χ0v) is 22.2. The molecule has 11 nitrogen and oxygen atoms in total. The first kappa shape index (κ1) is 31.9. The van der Waals surface area contributed by atoms with Crippen molar-refractivity contribution in [3.8, 4) is 0 Å². The average Bonchev–Trinajstić information content (AvgIpc) is 3.36. The third-order valence-corrected chi connectivity index (χ3v) is 5.75. The van der Waals surface area contributed by atoms with E-state index in [2.05, 4.69) is 10.6 Å². The van der Waals surface area contributed by atoms with Crippen LogP contribution < -0.4 is 10.6 Å². The monoisotopic (exact) mass is 515 g/mol. The van der Waals surface area contributed by atoms with Gasteiger partial charge in [-0.25, -0.2) is 0 Å². The fourth-order valence-corrected chi connectivity index (χ4v) is 3.60. The highest BCUT2D eigenvalue weighted by Gasteiger charge is 2.33. The van der Waals surface area contributed by atoms with Crippen LogP contribution in [0.25, 0.3) is 0 Å². The van der Waals surface area contributed by atoms with Gasteiger partial charge in [0.1, 0.15) is 11.8 Å². The molecule has 1 atom stereocenters. The summed E-state index contributed by atoms with van der Waals surface area (Å²) in [4.78, 5) is 49.4. The van der Waals surface area contributed by atoms with Crippen molar-refractivity contribution in [2.24, 2.45) is 5.92 Å². The minimum Gasteiger partial charge on any atom is -0.379 e. The summed E-state index contributed by atoms with van der Waals surface area (Å²) in [5.41, 5.74) is 0. The van der Waals surface area contributed by atoms with E-state index < -0.39 is 6.04 Å². The summed E-state index contributed by atoms with van der Waals surface area (Å²) in [6.45, 7) is 7.97. The Labute approximate surface area is 214 Å². The number of ketones is 1. The highest BCUT2D eigenvalue weighted by Crippen LogP contribution is 2.19. The molecule has 3 amide bonds. The van der Waals surface area contributed by atoms with E-state index in [4.69, 9.17) is 18.9 Å². The first-order chi connectivity index (χ1) is 17.4. The van der Waals surface area contributed by atoms with E-state index in [1.807, 2.05) is 13.8 Å². The van der Waals surface area contributed by atoms with Gasteiger partial charge in [0.05, 0.1) is 52.9 Å². The summed E-state index contributed by atoms with van der Waals surface area (Å²) >= 11 is 0. The fraction of sp³-hybridized carbons (Fsp3) is 0.840. The maximum absolute atomic E-state index is 12.5.